The van der Waals surface area contributed by atoms with Crippen molar-refractivity contribution in [2.75, 3.05) is 66.5 Å². The summed E-state index contributed by atoms with van der Waals surface area (Å²) in [5, 5.41) is 10.6. The number of ether oxygens (including phenoxy) is 1. The van der Waals surface area contributed by atoms with E-state index in [4.69, 9.17) is 4.74 Å². The van der Waals surface area contributed by atoms with Crippen molar-refractivity contribution in [3.8, 4) is 5.75 Å². The van der Waals surface area contributed by atoms with E-state index in [2.05, 4.69) is 50.7 Å². The molecule has 0 unspecified atom stereocenters. The predicted molar refractivity (Wildman–Crippen MR) is 164 cm³/mol. The SMILES string of the molecule is CCCCN(CCCCN(C)C)C(=O)CN1C[C@H](c2ccc3c(c2)CCO3)[C@@H](C(=O)O)[C@@H]1CCN1CC(C)(C)CC1=O. The highest BCUT2D eigenvalue weighted by Gasteiger charge is 2.48. The van der Waals surface area contributed by atoms with Crippen molar-refractivity contribution in [1.82, 2.24) is 19.6 Å². The van der Waals surface area contributed by atoms with E-state index in [9.17, 15) is 19.5 Å². The van der Waals surface area contributed by atoms with E-state index in [-0.39, 0.29) is 35.7 Å². The molecule has 0 spiro atoms. The highest BCUT2D eigenvalue weighted by molar-refractivity contribution is 5.80. The molecule has 3 heterocycles. The number of hydrogen-bond acceptors (Lipinski definition) is 6. The van der Waals surface area contributed by atoms with E-state index in [1.807, 2.05) is 21.9 Å². The minimum atomic E-state index is -0.837. The van der Waals surface area contributed by atoms with Crippen molar-refractivity contribution in [3.05, 3.63) is 29.3 Å². The average Bonchev–Trinajstić information content (AvgIpc) is 3.60. The highest BCUT2D eigenvalue weighted by Crippen LogP contribution is 2.41. The summed E-state index contributed by atoms with van der Waals surface area (Å²) in [5.41, 5.74) is 2.04. The molecule has 1 N–H and O–H groups in total. The van der Waals surface area contributed by atoms with Crippen molar-refractivity contribution in [1.29, 1.82) is 0 Å². The van der Waals surface area contributed by atoms with Gasteiger partial charge in [0.1, 0.15) is 5.75 Å². The summed E-state index contributed by atoms with van der Waals surface area (Å²) in [6.07, 6.45) is 5.82. The molecule has 0 radical (unpaired) electrons. The van der Waals surface area contributed by atoms with Crippen LogP contribution in [0.15, 0.2) is 18.2 Å². The summed E-state index contributed by atoms with van der Waals surface area (Å²) in [6.45, 7) is 11.3. The van der Waals surface area contributed by atoms with Crippen LogP contribution in [0.3, 0.4) is 0 Å². The Hall–Kier alpha value is -2.65. The quantitative estimate of drug-likeness (QED) is 0.314. The maximum Gasteiger partial charge on any atom is 0.308 e. The van der Waals surface area contributed by atoms with Crippen molar-refractivity contribution in [2.45, 2.75) is 77.7 Å². The Kier molecular flexibility index (Phi) is 10.9. The number of carbonyl (C=O) groups is 3. The van der Waals surface area contributed by atoms with Gasteiger partial charge in [0.05, 0.1) is 19.1 Å². The zero-order chi connectivity index (χ0) is 30.4. The fourth-order valence-corrected chi connectivity index (χ4v) is 7.02. The van der Waals surface area contributed by atoms with Gasteiger partial charge in [0.2, 0.25) is 11.8 Å². The first-order chi connectivity index (χ1) is 20.0. The number of rotatable bonds is 15. The molecule has 2 saturated heterocycles. The molecule has 1 aromatic carbocycles. The fourth-order valence-electron chi connectivity index (χ4n) is 7.02. The van der Waals surface area contributed by atoms with E-state index in [0.29, 0.717) is 39.1 Å². The number of carbonyl (C=O) groups excluding carboxylic acids is 2. The summed E-state index contributed by atoms with van der Waals surface area (Å²) in [5.74, 6) is -0.649. The highest BCUT2D eigenvalue weighted by atomic mass is 16.5. The maximum absolute atomic E-state index is 13.8. The van der Waals surface area contributed by atoms with Crippen molar-refractivity contribution >= 4 is 17.8 Å². The first kappa shape index (κ1) is 32.3. The second-order valence-corrected chi connectivity index (χ2v) is 13.6. The first-order valence-corrected chi connectivity index (χ1v) is 15.9. The number of carboxylic acid groups (broad SMARTS) is 1. The lowest BCUT2D eigenvalue weighted by atomic mass is 9.83. The largest absolute Gasteiger partial charge is 0.493 e. The van der Waals surface area contributed by atoms with Gasteiger partial charge in [0.15, 0.2) is 0 Å². The zero-order valence-electron chi connectivity index (χ0n) is 26.4. The molecule has 4 rings (SSSR count). The summed E-state index contributed by atoms with van der Waals surface area (Å²) < 4.78 is 5.70. The van der Waals surface area contributed by atoms with Crippen LogP contribution in [-0.2, 0) is 20.8 Å². The van der Waals surface area contributed by atoms with E-state index < -0.39 is 11.9 Å². The van der Waals surface area contributed by atoms with Gasteiger partial charge in [0.25, 0.3) is 0 Å². The van der Waals surface area contributed by atoms with Crippen LogP contribution in [0.5, 0.6) is 5.75 Å². The van der Waals surface area contributed by atoms with Crippen molar-refractivity contribution in [2.24, 2.45) is 11.3 Å². The standard InChI is InChI=1S/C33H52N4O5/c1-6-7-15-35(16-9-8-14-34(4)5)30(39)22-37-21-26(24-10-11-28-25(19-24)13-18-42-28)31(32(40)41)27(37)12-17-36-23-33(2,3)20-29(36)38/h10-11,19,26-27,31H,6-9,12-18,20-23H2,1-5H3,(H,40,41)/t26-,27+,31-/m1/s1. The number of aliphatic carboxylic acids is 1. The molecule has 2 amide bonds. The maximum atomic E-state index is 13.8. The zero-order valence-corrected chi connectivity index (χ0v) is 26.4. The summed E-state index contributed by atoms with van der Waals surface area (Å²) in [7, 11) is 4.13. The molecule has 0 aromatic heterocycles. The molecule has 234 valence electrons. The molecule has 1 aromatic rings. The average molecular weight is 585 g/mol. The minimum absolute atomic E-state index is 0.0730. The summed E-state index contributed by atoms with van der Waals surface area (Å²) in [6, 6.07) is 5.73. The van der Waals surface area contributed by atoms with Gasteiger partial charge in [-0.25, -0.2) is 0 Å². The van der Waals surface area contributed by atoms with E-state index >= 15 is 0 Å². The molecule has 42 heavy (non-hydrogen) atoms. The number of hydrogen-bond donors (Lipinski definition) is 1. The van der Waals surface area contributed by atoms with Gasteiger partial charge in [0, 0.05) is 57.5 Å². The van der Waals surface area contributed by atoms with E-state index in [0.717, 1.165) is 68.6 Å². The van der Waals surface area contributed by atoms with Gasteiger partial charge in [-0.2, -0.15) is 0 Å². The third-order valence-corrected chi connectivity index (χ3v) is 9.23. The number of fused-ring (bicyclic) bond motifs is 1. The molecular formula is C33H52N4O5. The van der Waals surface area contributed by atoms with Crippen LogP contribution in [0.25, 0.3) is 0 Å². The van der Waals surface area contributed by atoms with Gasteiger partial charge in [-0.1, -0.05) is 39.3 Å². The lowest BCUT2D eigenvalue weighted by molar-refractivity contribution is -0.144. The molecule has 9 heteroatoms. The smallest absolute Gasteiger partial charge is 0.308 e. The van der Waals surface area contributed by atoms with Crippen LogP contribution < -0.4 is 4.74 Å². The van der Waals surface area contributed by atoms with Crippen LogP contribution in [0, 0.1) is 11.3 Å². The second kappa shape index (κ2) is 14.2. The molecule has 0 aliphatic carbocycles. The molecule has 3 atom stereocenters. The Morgan fingerprint density at radius 3 is 2.52 bits per heavy atom. The normalized spacial score (nSPS) is 23.4. The van der Waals surface area contributed by atoms with Crippen molar-refractivity contribution in [3.63, 3.8) is 0 Å². The van der Waals surface area contributed by atoms with Crippen LogP contribution in [0.4, 0.5) is 0 Å². The van der Waals surface area contributed by atoms with Gasteiger partial charge in [-0.05, 0) is 68.9 Å². The van der Waals surface area contributed by atoms with Gasteiger partial charge in [-0.15, -0.1) is 0 Å². The molecule has 9 nitrogen and oxygen atoms in total. The molecular weight excluding hydrogens is 532 g/mol. The lowest BCUT2D eigenvalue weighted by Crippen LogP contribution is -2.46. The van der Waals surface area contributed by atoms with Gasteiger partial charge >= 0.3 is 5.97 Å². The van der Waals surface area contributed by atoms with E-state index in [1.54, 1.807) is 0 Å². The van der Waals surface area contributed by atoms with Crippen molar-refractivity contribution < 1.29 is 24.2 Å². The molecule has 0 saturated carbocycles. The third-order valence-electron chi connectivity index (χ3n) is 9.23. The third kappa shape index (κ3) is 8.04. The Morgan fingerprint density at radius 2 is 1.86 bits per heavy atom. The van der Waals surface area contributed by atoms with Crippen LogP contribution in [0.2, 0.25) is 0 Å². The Bertz CT molecular complexity index is 1110. The van der Waals surface area contributed by atoms with E-state index in [1.165, 1.54) is 0 Å². The first-order valence-electron chi connectivity index (χ1n) is 15.9. The monoisotopic (exact) mass is 584 g/mol. The van der Waals surface area contributed by atoms with Crippen LogP contribution in [-0.4, -0.2) is 115 Å². The number of likely N-dealkylation sites (tertiary alicyclic amines) is 2. The Labute approximate surface area is 252 Å². The fraction of sp³-hybridized carbons (Fsp3) is 0.727. The summed E-state index contributed by atoms with van der Waals surface area (Å²) in [4.78, 5) is 47.6. The number of carboxylic acids is 1. The summed E-state index contributed by atoms with van der Waals surface area (Å²) >= 11 is 0. The molecule has 2 fully saturated rings. The van der Waals surface area contributed by atoms with Crippen LogP contribution in [0.1, 0.15) is 76.3 Å². The lowest BCUT2D eigenvalue weighted by Gasteiger charge is -2.31. The number of benzene rings is 1. The number of unbranched alkanes of at least 4 members (excludes halogenated alkanes) is 2. The minimum Gasteiger partial charge on any atom is -0.493 e. The Morgan fingerprint density at radius 1 is 1.12 bits per heavy atom. The molecule has 3 aliphatic rings. The Balaban J connectivity index is 1.54. The number of nitrogens with zero attached hydrogens (tertiary/aromatic N) is 4. The van der Waals surface area contributed by atoms with Crippen LogP contribution >= 0.6 is 0 Å². The topological polar surface area (TPSA) is 93.6 Å². The predicted octanol–water partition coefficient (Wildman–Crippen LogP) is 3.71. The molecule has 0 bridgehead atoms. The van der Waals surface area contributed by atoms with Gasteiger partial charge in [-0.3, -0.25) is 19.3 Å². The number of amides is 2. The van der Waals surface area contributed by atoms with Gasteiger partial charge < -0.3 is 24.5 Å². The molecule has 3 aliphatic heterocycles. The second-order valence-electron chi connectivity index (χ2n) is 13.6.